The van der Waals surface area contributed by atoms with Crippen molar-refractivity contribution in [3.8, 4) is 0 Å². The molecule has 1 aromatic heterocycles. The van der Waals surface area contributed by atoms with Crippen LogP contribution in [-0.4, -0.2) is 10.1 Å². The zero-order valence-electron chi connectivity index (χ0n) is 12.6. The molecule has 1 saturated carbocycles. The number of anilines is 1. The van der Waals surface area contributed by atoms with Gasteiger partial charge < -0.3 is 10.3 Å². The Balaban J connectivity index is 1.58. The number of hydrogen-bond donors (Lipinski definition) is 1. The van der Waals surface area contributed by atoms with Crippen molar-refractivity contribution < 1.29 is 4.52 Å². The van der Waals surface area contributed by atoms with Gasteiger partial charge in [-0.2, -0.15) is 4.98 Å². The van der Waals surface area contributed by atoms with Crippen LogP contribution >= 0.6 is 0 Å². The third-order valence-electron chi connectivity index (χ3n) is 4.39. The van der Waals surface area contributed by atoms with E-state index in [1.54, 1.807) is 0 Å². The van der Waals surface area contributed by atoms with E-state index < -0.39 is 0 Å². The number of rotatable bonds is 4. The van der Waals surface area contributed by atoms with Gasteiger partial charge in [0, 0.05) is 18.0 Å². The molecule has 3 rings (SSSR count). The molecule has 1 aliphatic carbocycles. The van der Waals surface area contributed by atoms with Crippen molar-refractivity contribution in [1.29, 1.82) is 0 Å². The molecule has 1 aliphatic rings. The topological polar surface area (TPSA) is 64.9 Å². The average Bonchev–Trinajstić information content (AvgIpc) is 2.96. The van der Waals surface area contributed by atoms with Crippen LogP contribution in [-0.2, 0) is 12.8 Å². The zero-order valence-corrected chi connectivity index (χ0v) is 12.6. The van der Waals surface area contributed by atoms with Crippen LogP contribution in [0.3, 0.4) is 0 Å². The monoisotopic (exact) mass is 285 g/mol. The van der Waals surface area contributed by atoms with E-state index >= 15 is 0 Å². The Hall–Kier alpha value is -1.84. The molecule has 0 spiro atoms. The molecule has 2 unspecified atom stereocenters. The van der Waals surface area contributed by atoms with Crippen LogP contribution in [0.25, 0.3) is 0 Å². The fraction of sp³-hybridized carbons (Fsp3) is 0.529. The van der Waals surface area contributed by atoms with Gasteiger partial charge in [0.05, 0.1) is 0 Å². The van der Waals surface area contributed by atoms with Gasteiger partial charge >= 0.3 is 0 Å². The Labute approximate surface area is 125 Å². The van der Waals surface area contributed by atoms with Crippen LogP contribution in [0.5, 0.6) is 0 Å². The van der Waals surface area contributed by atoms with Gasteiger partial charge in [-0.15, -0.1) is 0 Å². The average molecular weight is 285 g/mol. The normalized spacial score (nSPS) is 22.3. The smallest absolute Gasteiger partial charge is 0.226 e. The van der Waals surface area contributed by atoms with E-state index in [0.717, 1.165) is 36.2 Å². The molecule has 1 heterocycles. The summed E-state index contributed by atoms with van der Waals surface area (Å²) in [5, 5.41) is 4.19. The lowest BCUT2D eigenvalue weighted by molar-refractivity contribution is 0.319. The maximum atomic E-state index is 5.69. The van der Waals surface area contributed by atoms with Gasteiger partial charge in [0.25, 0.3) is 0 Å². The first-order valence-corrected chi connectivity index (χ1v) is 7.87. The fourth-order valence-corrected chi connectivity index (χ4v) is 3.14. The molecule has 112 valence electrons. The molecule has 0 bridgehead atoms. The number of benzene rings is 1. The summed E-state index contributed by atoms with van der Waals surface area (Å²) in [5.41, 5.74) is 7.73. The quantitative estimate of drug-likeness (QED) is 0.869. The maximum Gasteiger partial charge on any atom is 0.226 e. The maximum absolute atomic E-state index is 5.69. The van der Waals surface area contributed by atoms with E-state index in [4.69, 9.17) is 10.3 Å². The highest BCUT2D eigenvalue weighted by molar-refractivity contribution is 5.39. The molecule has 0 radical (unpaired) electrons. The standard InChI is InChI=1S/C17H23N3O/c1-12-3-2-4-14(11-12)17-19-16(21-20-17)10-7-13-5-8-15(18)9-6-13/h5-6,8-9,12,14H,2-4,7,10-11,18H2,1H3. The van der Waals surface area contributed by atoms with E-state index in [9.17, 15) is 0 Å². The molecule has 2 N–H and O–H groups in total. The van der Waals surface area contributed by atoms with Crippen molar-refractivity contribution in [2.24, 2.45) is 5.92 Å². The van der Waals surface area contributed by atoms with Gasteiger partial charge in [-0.3, -0.25) is 0 Å². The Kier molecular flexibility index (Phi) is 4.23. The number of aryl methyl sites for hydroxylation is 2. The highest BCUT2D eigenvalue weighted by Crippen LogP contribution is 2.34. The summed E-state index contributed by atoms with van der Waals surface area (Å²) in [6.45, 7) is 2.31. The predicted octanol–water partition coefficient (Wildman–Crippen LogP) is 3.73. The van der Waals surface area contributed by atoms with Crippen LogP contribution in [0, 0.1) is 5.92 Å². The molecule has 21 heavy (non-hydrogen) atoms. The van der Waals surface area contributed by atoms with E-state index in [0.29, 0.717) is 5.92 Å². The molecule has 2 atom stereocenters. The van der Waals surface area contributed by atoms with Crippen molar-refractivity contribution in [2.75, 3.05) is 5.73 Å². The lowest BCUT2D eigenvalue weighted by Crippen LogP contribution is -2.12. The lowest BCUT2D eigenvalue weighted by atomic mass is 9.82. The van der Waals surface area contributed by atoms with Gasteiger partial charge in [0.15, 0.2) is 5.82 Å². The third kappa shape index (κ3) is 3.63. The summed E-state index contributed by atoms with van der Waals surface area (Å²) in [6, 6.07) is 7.96. The largest absolute Gasteiger partial charge is 0.399 e. The number of aromatic nitrogens is 2. The van der Waals surface area contributed by atoms with Crippen molar-refractivity contribution in [1.82, 2.24) is 10.1 Å². The van der Waals surface area contributed by atoms with Crippen LogP contribution < -0.4 is 5.73 Å². The van der Waals surface area contributed by atoms with Crippen LogP contribution in [0.2, 0.25) is 0 Å². The van der Waals surface area contributed by atoms with Crippen LogP contribution in [0.4, 0.5) is 5.69 Å². The first kappa shape index (κ1) is 14.1. The van der Waals surface area contributed by atoms with Crippen molar-refractivity contribution in [3.63, 3.8) is 0 Å². The van der Waals surface area contributed by atoms with Crippen molar-refractivity contribution >= 4 is 5.69 Å². The van der Waals surface area contributed by atoms with Crippen LogP contribution in [0.15, 0.2) is 28.8 Å². The van der Waals surface area contributed by atoms with E-state index in [2.05, 4.69) is 29.2 Å². The Morgan fingerprint density at radius 3 is 2.76 bits per heavy atom. The summed E-state index contributed by atoms with van der Waals surface area (Å²) in [5.74, 6) is 2.93. The number of hydrogen-bond acceptors (Lipinski definition) is 4. The minimum Gasteiger partial charge on any atom is -0.399 e. The minimum atomic E-state index is 0.489. The summed E-state index contributed by atoms with van der Waals surface area (Å²) in [7, 11) is 0. The molecule has 1 aromatic carbocycles. The lowest BCUT2D eigenvalue weighted by Gasteiger charge is -2.23. The Bertz CT molecular complexity index is 576. The first-order chi connectivity index (χ1) is 10.2. The highest BCUT2D eigenvalue weighted by Gasteiger charge is 2.24. The number of nitrogen functional groups attached to an aromatic ring is 1. The molecule has 2 aromatic rings. The van der Waals surface area contributed by atoms with Gasteiger partial charge in [0.2, 0.25) is 5.89 Å². The van der Waals surface area contributed by atoms with Crippen molar-refractivity contribution in [2.45, 2.75) is 51.4 Å². The SMILES string of the molecule is CC1CCCC(c2noc(CCc3ccc(N)cc3)n2)C1. The molecule has 4 nitrogen and oxygen atoms in total. The highest BCUT2D eigenvalue weighted by atomic mass is 16.5. The molecule has 0 amide bonds. The summed E-state index contributed by atoms with van der Waals surface area (Å²) >= 11 is 0. The van der Waals surface area contributed by atoms with Gasteiger partial charge in [0.1, 0.15) is 0 Å². The molecule has 4 heteroatoms. The second-order valence-electron chi connectivity index (χ2n) is 6.26. The second kappa shape index (κ2) is 6.29. The first-order valence-electron chi connectivity index (χ1n) is 7.87. The zero-order chi connectivity index (χ0) is 14.7. The van der Waals surface area contributed by atoms with Gasteiger partial charge in [-0.1, -0.05) is 37.1 Å². The molecular formula is C17H23N3O. The molecular weight excluding hydrogens is 262 g/mol. The third-order valence-corrected chi connectivity index (χ3v) is 4.39. The fourth-order valence-electron chi connectivity index (χ4n) is 3.14. The predicted molar refractivity (Wildman–Crippen MR) is 82.9 cm³/mol. The summed E-state index contributed by atoms with van der Waals surface area (Å²) in [4.78, 5) is 4.60. The molecule has 1 fully saturated rings. The van der Waals surface area contributed by atoms with E-state index in [-0.39, 0.29) is 0 Å². The van der Waals surface area contributed by atoms with Gasteiger partial charge in [-0.25, -0.2) is 0 Å². The van der Waals surface area contributed by atoms with E-state index in [1.165, 1.54) is 31.2 Å². The second-order valence-corrected chi connectivity index (χ2v) is 6.26. The van der Waals surface area contributed by atoms with E-state index in [1.807, 2.05) is 12.1 Å². The Morgan fingerprint density at radius 1 is 1.19 bits per heavy atom. The number of nitrogens with two attached hydrogens (primary N) is 1. The Morgan fingerprint density at radius 2 is 2.00 bits per heavy atom. The minimum absolute atomic E-state index is 0.489. The summed E-state index contributed by atoms with van der Waals surface area (Å²) < 4.78 is 5.41. The number of nitrogens with zero attached hydrogens (tertiary/aromatic N) is 2. The molecule has 0 saturated heterocycles. The summed E-state index contributed by atoms with van der Waals surface area (Å²) in [6.07, 6.45) is 6.69. The molecule has 0 aliphatic heterocycles. The van der Waals surface area contributed by atoms with Crippen LogP contribution in [0.1, 0.15) is 55.8 Å². The van der Waals surface area contributed by atoms with Crippen molar-refractivity contribution in [3.05, 3.63) is 41.5 Å². The van der Waals surface area contributed by atoms with Gasteiger partial charge in [-0.05, 0) is 42.9 Å².